The van der Waals surface area contributed by atoms with Crippen molar-refractivity contribution in [3.63, 3.8) is 0 Å². The first-order chi connectivity index (χ1) is 16.1. The highest BCUT2D eigenvalue weighted by atomic mass is 16.5. The third kappa shape index (κ3) is 9.34. The molecular weight excluding hydrogens is 426 g/mol. The topological polar surface area (TPSA) is 100 Å². The van der Waals surface area contributed by atoms with Crippen LogP contribution in [0.2, 0.25) is 0 Å². The molecule has 2 heterocycles. The molecule has 0 fully saturated rings. The molecule has 0 bridgehead atoms. The number of furan rings is 2. The average Bonchev–Trinajstić information content (AvgIpc) is 3.49. The Kier molecular flexibility index (Phi) is 11.5. The van der Waals surface area contributed by atoms with E-state index in [9.17, 15) is 9.59 Å². The van der Waals surface area contributed by atoms with Crippen molar-refractivity contribution in [1.82, 2.24) is 5.32 Å². The third-order valence-electron chi connectivity index (χ3n) is 4.20. The van der Waals surface area contributed by atoms with E-state index in [0.717, 1.165) is 12.3 Å². The number of carbonyl (C=O) groups is 2. The van der Waals surface area contributed by atoms with Gasteiger partial charge in [0.25, 0.3) is 0 Å². The Hall–Kier alpha value is -3.36. The first kappa shape index (κ1) is 25.9. The summed E-state index contributed by atoms with van der Waals surface area (Å²) in [5.74, 6) is 0.973. The maximum atomic E-state index is 11.4. The van der Waals surface area contributed by atoms with E-state index >= 15 is 0 Å². The fourth-order valence-electron chi connectivity index (χ4n) is 2.68. The van der Waals surface area contributed by atoms with E-state index in [-0.39, 0.29) is 11.5 Å². The number of hydrogen-bond acceptors (Lipinski definition) is 8. The molecule has 2 aromatic heterocycles. The summed E-state index contributed by atoms with van der Waals surface area (Å²) in [5.41, 5.74) is 1.21. The van der Waals surface area contributed by atoms with Gasteiger partial charge in [0, 0.05) is 13.2 Å². The Morgan fingerprint density at radius 3 is 1.88 bits per heavy atom. The Labute approximate surface area is 193 Å². The van der Waals surface area contributed by atoms with Gasteiger partial charge in [-0.25, -0.2) is 9.59 Å². The van der Waals surface area contributed by atoms with Crippen molar-refractivity contribution >= 4 is 11.9 Å². The molecule has 8 heteroatoms. The summed E-state index contributed by atoms with van der Waals surface area (Å²) < 4.78 is 25.4. The number of ether oxygens (including phenoxy) is 3. The quantitative estimate of drug-likeness (QED) is 0.412. The number of nitrogens with one attached hydrogen (secondary N) is 1. The molecule has 0 unspecified atom stereocenters. The van der Waals surface area contributed by atoms with Crippen LogP contribution < -0.4 is 5.32 Å². The largest absolute Gasteiger partial charge is 0.460 e. The fourth-order valence-corrected chi connectivity index (χ4v) is 2.68. The van der Waals surface area contributed by atoms with Crippen LogP contribution in [0, 0.1) is 0 Å². The van der Waals surface area contributed by atoms with Crippen LogP contribution in [0.15, 0.2) is 63.4 Å². The number of hydrogen-bond donors (Lipinski definition) is 1. The lowest BCUT2D eigenvalue weighted by molar-refractivity contribution is 0.0474. The summed E-state index contributed by atoms with van der Waals surface area (Å²) in [6, 6.07) is 16.8. The molecule has 0 aliphatic rings. The second-order valence-corrected chi connectivity index (χ2v) is 6.70. The second kappa shape index (κ2) is 14.7. The van der Waals surface area contributed by atoms with Gasteiger partial charge < -0.3 is 28.4 Å². The molecule has 0 radical (unpaired) electrons. The summed E-state index contributed by atoms with van der Waals surface area (Å²) in [4.78, 5) is 22.6. The van der Waals surface area contributed by atoms with E-state index in [1.165, 1.54) is 5.56 Å². The zero-order chi connectivity index (χ0) is 23.9. The Bertz CT molecular complexity index is 962. The zero-order valence-electron chi connectivity index (χ0n) is 19.3. The Morgan fingerprint density at radius 2 is 1.30 bits per heavy atom. The van der Waals surface area contributed by atoms with Gasteiger partial charge in [0.05, 0.1) is 19.8 Å². The molecule has 0 aliphatic heterocycles. The van der Waals surface area contributed by atoms with Crippen LogP contribution in [-0.4, -0.2) is 31.8 Å². The van der Waals surface area contributed by atoms with Crippen LogP contribution in [-0.2, 0) is 33.9 Å². The lowest BCUT2D eigenvalue weighted by atomic mass is 10.2. The van der Waals surface area contributed by atoms with Crippen molar-refractivity contribution in [2.75, 3.05) is 19.8 Å². The van der Waals surface area contributed by atoms with Gasteiger partial charge in [0.2, 0.25) is 11.5 Å². The first-order valence-electron chi connectivity index (χ1n) is 10.9. The van der Waals surface area contributed by atoms with Crippen molar-refractivity contribution in [2.24, 2.45) is 0 Å². The van der Waals surface area contributed by atoms with Crippen LogP contribution >= 0.6 is 0 Å². The van der Waals surface area contributed by atoms with Crippen molar-refractivity contribution in [3.05, 3.63) is 83.2 Å². The SMILES string of the molecule is CCOC(=O)c1ccc(CNCc2ccccc2)o1.CCOCc1ccc(C(=O)OCC)o1. The molecule has 33 heavy (non-hydrogen) atoms. The van der Waals surface area contributed by atoms with Crippen LogP contribution in [0.3, 0.4) is 0 Å². The van der Waals surface area contributed by atoms with Crippen molar-refractivity contribution in [2.45, 2.75) is 40.5 Å². The summed E-state index contributed by atoms with van der Waals surface area (Å²) in [6.45, 7) is 8.46. The molecule has 1 N–H and O–H groups in total. The molecule has 0 saturated heterocycles. The number of benzene rings is 1. The Morgan fingerprint density at radius 1 is 0.727 bits per heavy atom. The normalized spacial score (nSPS) is 10.3. The molecule has 8 nitrogen and oxygen atoms in total. The molecule has 0 saturated carbocycles. The lowest BCUT2D eigenvalue weighted by Gasteiger charge is -2.02. The summed E-state index contributed by atoms with van der Waals surface area (Å²) in [5, 5.41) is 3.26. The summed E-state index contributed by atoms with van der Waals surface area (Å²) in [6.07, 6.45) is 0. The predicted molar refractivity (Wildman–Crippen MR) is 122 cm³/mol. The maximum Gasteiger partial charge on any atom is 0.374 e. The summed E-state index contributed by atoms with van der Waals surface area (Å²) >= 11 is 0. The smallest absolute Gasteiger partial charge is 0.374 e. The first-order valence-corrected chi connectivity index (χ1v) is 10.9. The van der Waals surface area contributed by atoms with Gasteiger partial charge in [0.15, 0.2) is 0 Å². The van der Waals surface area contributed by atoms with Crippen molar-refractivity contribution < 1.29 is 32.6 Å². The van der Waals surface area contributed by atoms with E-state index in [1.807, 2.05) is 25.1 Å². The van der Waals surface area contributed by atoms with Gasteiger partial charge in [-0.3, -0.25) is 0 Å². The van der Waals surface area contributed by atoms with Gasteiger partial charge in [0.1, 0.15) is 18.1 Å². The van der Waals surface area contributed by atoms with Gasteiger partial charge in [-0.05, 0) is 50.6 Å². The van der Waals surface area contributed by atoms with Crippen molar-refractivity contribution in [1.29, 1.82) is 0 Å². The maximum absolute atomic E-state index is 11.4. The zero-order valence-corrected chi connectivity index (χ0v) is 19.3. The van der Waals surface area contributed by atoms with Crippen LogP contribution in [0.4, 0.5) is 0 Å². The minimum atomic E-state index is -0.435. The highest BCUT2D eigenvalue weighted by Gasteiger charge is 2.12. The molecule has 0 spiro atoms. The lowest BCUT2D eigenvalue weighted by Crippen LogP contribution is -2.12. The van der Waals surface area contributed by atoms with Gasteiger partial charge in [-0.1, -0.05) is 30.3 Å². The predicted octanol–water partition coefficient (Wildman–Crippen LogP) is 4.74. The average molecular weight is 458 g/mol. The van der Waals surface area contributed by atoms with E-state index in [4.69, 9.17) is 23.0 Å². The second-order valence-electron chi connectivity index (χ2n) is 6.70. The number of carbonyl (C=O) groups excluding carboxylic acids is 2. The van der Waals surface area contributed by atoms with Gasteiger partial charge >= 0.3 is 11.9 Å². The van der Waals surface area contributed by atoms with Crippen molar-refractivity contribution in [3.8, 4) is 0 Å². The molecular formula is C25H31NO7. The molecule has 0 aliphatic carbocycles. The van der Waals surface area contributed by atoms with Gasteiger partial charge in [-0.2, -0.15) is 0 Å². The Balaban J connectivity index is 0.000000245. The molecule has 1 aromatic carbocycles. The fraction of sp³-hybridized carbons (Fsp3) is 0.360. The molecule has 3 rings (SSSR count). The molecule has 0 atom stereocenters. The number of rotatable bonds is 11. The highest BCUT2D eigenvalue weighted by Crippen LogP contribution is 2.11. The molecule has 178 valence electrons. The third-order valence-corrected chi connectivity index (χ3v) is 4.20. The van der Waals surface area contributed by atoms with Crippen LogP contribution in [0.25, 0.3) is 0 Å². The van der Waals surface area contributed by atoms with E-state index in [0.29, 0.717) is 38.7 Å². The van der Waals surface area contributed by atoms with E-state index in [1.54, 1.807) is 38.1 Å². The molecule has 0 amide bonds. The standard InChI is InChI=1S/C15H17NO3.C10H14O4/c1-2-18-15(17)14-9-8-13(19-14)11-16-10-12-6-4-3-5-7-12;1-3-12-7-8-5-6-9(14-8)10(11)13-4-2/h3-9,16H,2,10-11H2,1H3;5-6H,3-4,7H2,1-2H3. The highest BCUT2D eigenvalue weighted by molar-refractivity contribution is 5.86. The minimum absolute atomic E-state index is 0.224. The van der Waals surface area contributed by atoms with E-state index < -0.39 is 11.9 Å². The monoisotopic (exact) mass is 457 g/mol. The minimum Gasteiger partial charge on any atom is -0.460 e. The van der Waals surface area contributed by atoms with Crippen LogP contribution in [0.5, 0.6) is 0 Å². The molecule has 3 aromatic rings. The summed E-state index contributed by atoms with van der Waals surface area (Å²) in [7, 11) is 0. The van der Waals surface area contributed by atoms with E-state index in [2.05, 4.69) is 17.4 Å². The van der Waals surface area contributed by atoms with Gasteiger partial charge in [-0.15, -0.1) is 0 Å². The number of esters is 2. The van der Waals surface area contributed by atoms with Crippen LogP contribution in [0.1, 0.15) is 59.0 Å².